The molecule has 106 valence electrons. The average Bonchev–Trinajstić information content (AvgIpc) is 2.92. The van der Waals surface area contributed by atoms with E-state index in [2.05, 4.69) is 22.1 Å². The first kappa shape index (κ1) is 13.1. The zero-order chi connectivity index (χ0) is 14.1. The molecule has 1 aromatic heterocycles. The topological polar surface area (TPSA) is 70.8 Å². The van der Waals surface area contributed by atoms with Gasteiger partial charge in [0.15, 0.2) is 5.82 Å². The molecule has 1 aliphatic heterocycles. The minimum Gasteiger partial charge on any atom is -0.338 e. The van der Waals surface area contributed by atoms with Crippen LogP contribution in [0.1, 0.15) is 13.3 Å². The number of rotatable bonds is 2. The van der Waals surface area contributed by atoms with Crippen LogP contribution in [0.2, 0.25) is 0 Å². The van der Waals surface area contributed by atoms with E-state index in [4.69, 9.17) is 5.73 Å². The predicted molar refractivity (Wildman–Crippen MR) is 75.7 cm³/mol. The molecule has 0 amide bonds. The molecule has 1 fully saturated rings. The highest BCUT2D eigenvalue weighted by atomic mass is 19.1. The molecule has 1 saturated heterocycles. The lowest BCUT2D eigenvalue weighted by Crippen LogP contribution is -2.48. The third-order valence-electron chi connectivity index (χ3n) is 3.90. The van der Waals surface area contributed by atoms with Gasteiger partial charge >= 0.3 is 0 Å². The zero-order valence-corrected chi connectivity index (χ0v) is 11.4. The minimum absolute atomic E-state index is 0.124. The fourth-order valence-electron chi connectivity index (χ4n) is 2.45. The summed E-state index contributed by atoms with van der Waals surface area (Å²) in [4.78, 5) is 6.44. The van der Waals surface area contributed by atoms with Gasteiger partial charge in [-0.05, 0) is 24.5 Å². The maximum absolute atomic E-state index is 13.7. The van der Waals surface area contributed by atoms with Crippen LogP contribution < -0.4 is 10.6 Å². The Kier molecular flexibility index (Phi) is 3.40. The van der Waals surface area contributed by atoms with Crippen LogP contribution >= 0.6 is 0 Å². The van der Waals surface area contributed by atoms with E-state index in [1.807, 2.05) is 4.90 Å². The number of halogens is 1. The van der Waals surface area contributed by atoms with Crippen LogP contribution in [0.4, 0.5) is 10.3 Å². The van der Waals surface area contributed by atoms with Crippen molar-refractivity contribution in [1.82, 2.24) is 15.2 Å². The highest BCUT2D eigenvalue weighted by molar-refractivity contribution is 5.57. The third-order valence-corrected chi connectivity index (χ3v) is 3.90. The highest BCUT2D eigenvalue weighted by Crippen LogP contribution is 2.23. The van der Waals surface area contributed by atoms with Gasteiger partial charge in [0.1, 0.15) is 5.82 Å². The molecule has 1 aliphatic rings. The van der Waals surface area contributed by atoms with E-state index in [1.165, 1.54) is 6.07 Å². The molecule has 0 spiro atoms. The molecule has 20 heavy (non-hydrogen) atoms. The third kappa shape index (κ3) is 2.38. The lowest BCUT2D eigenvalue weighted by atomic mass is 9.95. The number of piperidine rings is 1. The van der Waals surface area contributed by atoms with Crippen molar-refractivity contribution in [2.24, 2.45) is 11.7 Å². The van der Waals surface area contributed by atoms with Crippen molar-refractivity contribution in [2.75, 3.05) is 18.0 Å². The summed E-state index contributed by atoms with van der Waals surface area (Å²) in [6, 6.07) is 6.65. The number of benzene rings is 1. The number of nitrogens with one attached hydrogen (secondary N) is 1. The van der Waals surface area contributed by atoms with Crippen LogP contribution in [-0.2, 0) is 0 Å². The van der Waals surface area contributed by atoms with Crippen LogP contribution in [0.15, 0.2) is 24.3 Å². The van der Waals surface area contributed by atoms with Crippen molar-refractivity contribution < 1.29 is 4.39 Å². The van der Waals surface area contributed by atoms with E-state index in [0.717, 1.165) is 19.5 Å². The van der Waals surface area contributed by atoms with Gasteiger partial charge in [-0.2, -0.15) is 4.98 Å². The van der Waals surface area contributed by atoms with Crippen molar-refractivity contribution in [3.05, 3.63) is 30.1 Å². The largest absolute Gasteiger partial charge is 0.338 e. The molecular weight excluding hydrogens is 257 g/mol. The first-order chi connectivity index (χ1) is 9.65. The second-order valence-electron chi connectivity index (χ2n) is 5.34. The summed E-state index contributed by atoms with van der Waals surface area (Å²) in [7, 11) is 0. The van der Waals surface area contributed by atoms with Crippen molar-refractivity contribution in [2.45, 2.75) is 19.4 Å². The van der Waals surface area contributed by atoms with Crippen molar-refractivity contribution in [3.63, 3.8) is 0 Å². The lowest BCUT2D eigenvalue weighted by molar-refractivity contribution is 0.376. The van der Waals surface area contributed by atoms with Gasteiger partial charge in [-0.1, -0.05) is 19.1 Å². The van der Waals surface area contributed by atoms with Crippen molar-refractivity contribution in [3.8, 4) is 11.4 Å². The molecular formula is C14H18FN5. The summed E-state index contributed by atoms with van der Waals surface area (Å²) < 4.78 is 13.7. The van der Waals surface area contributed by atoms with Gasteiger partial charge in [0.25, 0.3) is 0 Å². The molecule has 2 heterocycles. The summed E-state index contributed by atoms with van der Waals surface area (Å²) in [6.07, 6.45) is 1.02. The Hall–Kier alpha value is -1.95. The Labute approximate surface area is 117 Å². The Morgan fingerprint density at radius 2 is 2.20 bits per heavy atom. The molecule has 0 saturated carbocycles. The Balaban J connectivity index is 1.82. The quantitative estimate of drug-likeness (QED) is 0.876. The number of nitrogens with two attached hydrogens (primary N) is 1. The van der Waals surface area contributed by atoms with E-state index in [9.17, 15) is 4.39 Å². The molecule has 0 radical (unpaired) electrons. The first-order valence-electron chi connectivity index (χ1n) is 6.83. The maximum atomic E-state index is 13.7. The van der Waals surface area contributed by atoms with E-state index >= 15 is 0 Å². The second-order valence-corrected chi connectivity index (χ2v) is 5.34. The number of aromatic amines is 1. The van der Waals surface area contributed by atoms with Crippen LogP contribution in [0, 0.1) is 11.7 Å². The van der Waals surface area contributed by atoms with Gasteiger partial charge < -0.3 is 10.6 Å². The number of nitrogens with zero attached hydrogens (tertiary/aromatic N) is 3. The molecule has 0 aliphatic carbocycles. The predicted octanol–water partition coefficient (Wildman–Crippen LogP) is 1.78. The van der Waals surface area contributed by atoms with E-state index in [0.29, 0.717) is 23.3 Å². The van der Waals surface area contributed by atoms with Crippen LogP contribution in [-0.4, -0.2) is 34.3 Å². The summed E-state index contributed by atoms with van der Waals surface area (Å²) >= 11 is 0. The molecule has 2 aromatic rings. The average molecular weight is 275 g/mol. The lowest BCUT2D eigenvalue weighted by Gasteiger charge is -2.34. The summed E-state index contributed by atoms with van der Waals surface area (Å²) in [5.41, 5.74) is 6.51. The molecule has 3 rings (SSSR count). The van der Waals surface area contributed by atoms with Gasteiger partial charge in [0, 0.05) is 19.1 Å². The molecule has 1 aromatic carbocycles. The van der Waals surface area contributed by atoms with Gasteiger partial charge in [-0.25, -0.2) is 4.39 Å². The summed E-state index contributed by atoms with van der Waals surface area (Å²) in [5, 5.41) is 6.99. The normalized spacial score (nSPS) is 23.1. The number of hydrogen-bond donors (Lipinski definition) is 2. The Morgan fingerprint density at radius 3 is 2.95 bits per heavy atom. The van der Waals surface area contributed by atoms with Crippen LogP contribution in [0.25, 0.3) is 11.4 Å². The van der Waals surface area contributed by atoms with Crippen LogP contribution in [0.3, 0.4) is 0 Å². The fraction of sp³-hybridized carbons (Fsp3) is 0.429. The number of aromatic nitrogens is 3. The van der Waals surface area contributed by atoms with E-state index in [-0.39, 0.29) is 11.9 Å². The zero-order valence-electron chi connectivity index (χ0n) is 11.4. The van der Waals surface area contributed by atoms with E-state index < -0.39 is 0 Å². The number of H-pyrrole nitrogens is 1. The monoisotopic (exact) mass is 275 g/mol. The minimum atomic E-state index is -0.306. The molecule has 0 bridgehead atoms. The highest BCUT2D eigenvalue weighted by Gasteiger charge is 2.25. The van der Waals surface area contributed by atoms with Crippen molar-refractivity contribution >= 4 is 5.95 Å². The standard InChI is InChI=1S/C14H18FN5/c1-9-6-7-20(8-12(9)16)14-17-13(18-19-14)10-4-2-3-5-11(10)15/h2-5,9,12H,6-8,16H2,1H3,(H,17,18,19). The molecule has 2 unspecified atom stereocenters. The fourth-order valence-corrected chi connectivity index (χ4v) is 2.45. The van der Waals surface area contributed by atoms with Crippen molar-refractivity contribution in [1.29, 1.82) is 0 Å². The molecule has 2 atom stereocenters. The molecule has 6 heteroatoms. The van der Waals surface area contributed by atoms with Crippen LogP contribution in [0.5, 0.6) is 0 Å². The molecule has 3 N–H and O–H groups in total. The van der Waals surface area contributed by atoms with Gasteiger partial charge in [0.2, 0.25) is 5.95 Å². The SMILES string of the molecule is CC1CCN(c2n[nH]c(-c3ccccc3F)n2)CC1N. The summed E-state index contributed by atoms with van der Waals surface area (Å²) in [5.74, 6) is 1.24. The molecule has 5 nitrogen and oxygen atoms in total. The van der Waals surface area contributed by atoms with E-state index in [1.54, 1.807) is 18.2 Å². The first-order valence-corrected chi connectivity index (χ1v) is 6.83. The number of hydrogen-bond acceptors (Lipinski definition) is 4. The Bertz CT molecular complexity index is 597. The summed E-state index contributed by atoms with van der Waals surface area (Å²) in [6.45, 7) is 3.77. The number of anilines is 1. The smallest absolute Gasteiger partial charge is 0.245 e. The van der Waals surface area contributed by atoms with Gasteiger partial charge in [-0.3, -0.25) is 5.10 Å². The maximum Gasteiger partial charge on any atom is 0.245 e. The van der Waals surface area contributed by atoms with Gasteiger partial charge in [-0.15, -0.1) is 5.10 Å². The Morgan fingerprint density at radius 1 is 1.40 bits per heavy atom. The van der Waals surface area contributed by atoms with Gasteiger partial charge in [0.05, 0.1) is 5.56 Å². The second kappa shape index (κ2) is 5.20.